The Kier molecular flexibility index (Phi) is 3.03. The molecule has 3 nitrogen and oxygen atoms in total. The fraction of sp³-hybridized carbons (Fsp3) is 0.700. The number of aryl methyl sites for hydroxylation is 2. The van der Waals surface area contributed by atoms with Crippen LogP contribution in [0.5, 0.6) is 0 Å². The van der Waals surface area contributed by atoms with Crippen molar-refractivity contribution in [3.63, 3.8) is 0 Å². The predicted molar refractivity (Wildman–Crippen MR) is 59.1 cm³/mol. The molecule has 1 atom stereocenters. The van der Waals surface area contributed by atoms with Crippen LogP contribution in [0.3, 0.4) is 0 Å². The van der Waals surface area contributed by atoms with Crippen LogP contribution in [-0.2, 0) is 4.74 Å². The molecule has 2 heterocycles. The van der Waals surface area contributed by atoms with E-state index in [0.29, 0.717) is 6.10 Å². The summed E-state index contributed by atoms with van der Waals surface area (Å²) < 4.78 is 5.53. The molecule has 4 heteroatoms. The third-order valence-electron chi connectivity index (χ3n) is 2.53. The van der Waals surface area contributed by atoms with Gasteiger partial charge < -0.3 is 10.1 Å². The highest BCUT2D eigenvalue weighted by molar-refractivity contribution is 7.15. The molecule has 1 unspecified atom stereocenters. The molecule has 0 radical (unpaired) electrons. The quantitative estimate of drug-likeness (QED) is 0.835. The summed E-state index contributed by atoms with van der Waals surface area (Å²) in [6.45, 7) is 5.96. The molecule has 0 aliphatic carbocycles. The Morgan fingerprint density at radius 3 is 3.00 bits per heavy atom. The first-order valence-corrected chi connectivity index (χ1v) is 5.87. The highest BCUT2D eigenvalue weighted by Gasteiger charge is 2.15. The Hall–Kier alpha value is -0.610. The lowest BCUT2D eigenvalue weighted by atomic mass is 10.2. The lowest BCUT2D eigenvalue weighted by Crippen LogP contribution is -2.18. The molecule has 1 aromatic heterocycles. The lowest BCUT2D eigenvalue weighted by Gasteiger charge is -2.08. The molecule has 1 saturated heterocycles. The highest BCUT2D eigenvalue weighted by Crippen LogP contribution is 2.21. The van der Waals surface area contributed by atoms with Crippen molar-refractivity contribution in [2.45, 2.75) is 32.8 Å². The van der Waals surface area contributed by atoms with Crippen molar-refractivity contribution in [2.75, 3.05) is 18.5 Å². The lowest BCUT2D eigenvalue weighted by molar-refractivity contribution is 0.120. The molecule has 2 rings (SSSR count). The number of nitrogens with zero attached hydrogens (tertiary/aromatic N) is 1. The zero-order valence-corrected chi connectivity index (χ0v) is 9.49. The van der Waals surface area contributed by atoms with Gasteiger partial charge in [0.05, 0.1) is 11.8 Å². The number of aromatic nitrogens is 1. The number of nitrogens with one attached hydrogen (secondary N) is 1. The molecule has 0 spiro atoms. The maximum Gasteiger partial charge on any atom is 0.183 e. The second-order valence-electron chi connectivity index (χ2n) is 3.68. The van der Waals surface area contributed by atoms with E-state index in [1.54, 1.807) is 11.3 Å². The third-order valence-corrected chi connectivity index (χ3v) is 3.56. The summed E-state index contributed by atoms with van der Waals surface area (Å²) in [5, 5.41) is 4.35. The average molecular weight is 212 g/mol. The van der Waals surface area contributed by atoms with Gasteiger partial charge in [0.1, 0.15) is 0 Å². The van der Waals surface area contributed by atoms with Crippen LogP contribution in [-0.4, -0.2) is 24.2 Å². The number of thiazole rings is 1. The Morgan fingerprint density at radius 2 is 2.43 bits per heavy atom. The van der Waals surface area contributed by atoms with Crippen LogP contribution in [0.1, 0.15) is 23.4 Å². The van der Waals surface area contributed by atoms with E-state index >= 15 is 0 Å². The summed E-state index contributed by atoms with van der Waals surface area (Å²) >= 11 is 1.72. The molecule has 0 bridgehead atoms. The molecule has 0 aromatic carbocycles. The molecule has 78 valence electrons. The van der Waals surface area contributed by atoms with E-state index in [-0.39, 0.29) is 0 Å². The Bertz CT molecular complexity index is 286. The number of anilines is 1. The summed E-state index contributed by atoms with van der Waals surface area (Å²) in [5.74, 6) is 0. The molecule has 1 aliphatic heterocycles. The van der Waals surface area contributed by atoms with Gasteiger partial charge in [0.2, 0.25) is 0 Å². The van der Waals surface area contributed by atoms with E-state index in [2.05, 4.69) is 17.2 Å². The van der Waals surface area contributed by atoms with Crippen molar-refractivity contribution in [1.29, 1.82) is 0 Å². The van der Waals surface area contributed by atoms with Crippen LogP contribution < -0.4 is 5.32 Å². The highest BCUT2D eigenvalue weighted by atomic mass is 32.1. The van der Waals surface area contributed by atoms with Gasteiger partial charge in [-0.3, -0.25) is 0 Å². The van der Waals surface area contributed by atoms with Crippen LogP contribution in [0.2, 0.25) is 0 Å². The number of hydrogen-bond donors (Lipinski definition) is 1. The Balaban J connectivity index is 1.85. The first-order chi connectivity index (χ1) is 6.75. The van der Waals surface area contributed by atoms with E-state index in [1.807, 2.05) is 6.92 Å². The molecular formula is C10H16N2OS. The van der Waals surface area contributed by atoms with Gasteiger partial charge in [-0.1, -0.05) is 0 Å². The first-order valence-electron chi connectivity index (χ1n) is 5.05. The summed E-state index contributed by atoms with van der Waals surface area (Å²) in [6, 6.07) is 0. The maximum atomic E-state index is 5.53. The van der Waals surface area contributed by atoms with Crippen LogP contribution >= 0.6 is 11.3 Å². The van der Waals surface area contributed by atoms with E-state index in [0.717, 1.165) is 24.0 Å². The standard InChI is InChI=1S/C10H16N2OS/c1-7-8(2)14-10(12-7)11-6-9-4-3-5-13-9/h9H,3-6H2,1-2H3,(H,11,12). The number of rotatable bonds is 3. The summed E-state index contributed by atoms with van der Waals surface area (Å²) in [5.41, 5.74) is 1.13. The Morgan fingerprint density at radius 1 is 1.57 bits per heavy atom. The van der Waals surface area contributed by atoms with Crippen LogP contribution in [0.25, 0.3) is 0 Å². The zero-order valence-electron chi connectivity index (χ0n) is 8.67. The monoisotopic (exact) mass is 212 g/mol. The molecule has 0 saturated carbocycles. The van der Waals surface area contributed by atoms with Crippen molar-refractivity contribution in [3.05, 3.63) is 10.6 Å². The van der Waals surface area contributed by atoms with Gasteiger partial charge in [0, 0.05) is 18.0 Å². The summed E-state index contributed by atoms with van der Waals surface area (Å²) in [6.07, 6.45) is 2.76. The van der Waals surface area contributed by atoms with Crippen molar-refractivity contribution >= 4 is 16.5 Å². The van der Waals surface area contributed by atoms with Gasteiger partial charge in [-0.15, -0.1) is 11.3 Å². The molecule has 1 N–H and O–H groups in total. The van der Waals surface area contributed by atoms with Crippen molar-refractivity contribution in [1.82, 2.24) is 4.98 Å². The van der Waals surface area contributed by atoms with Gasteiger partial charge in [0.15, 0.2) is 5.13 Å². The van der Waals surface area contributed by atoms with Crippen LogP contribution in [0.4, 0.5) is 5.13 Å². The van der Waals surface area contributed by atoms with E-state index in [1.165, 1.54) is 17.7 Å². The second-order valence-corrected chi connectivity index (χ2v) is 4.88. The fourth-order valence-electron chi connectivity index (χ4n) is 1.55. The topological polar surface area (TPSA) is 34.2 Å². The molecule has 1 fully saturated rings. The largest absolute Gasteiger partial charge is 0.376 e. The average Bonchev–Trinajstić information content (AvgIpc) is 2.74. The van der Waals surface area contributed by atoms with Crippen LogP contribution in [0, 0.1) is 13.8 Å². The molecule has 0 amide bonds. The summed E-state index contributed by atoms with van der Waals surface area (Å²) in [7, 11) is 0. The maximum absolute atomic E-state index is 5.53. The van der Waals surface area contributed by atoms with Gasteiger partial charge >= 0.3 is 0 Å². The van der Waals surface area contributed by atoms with Crippen molar-refractivity contribution in [3.8, 4) is 0 Å². The van der Waals surface area contributed by atoms with Crippen LogP contribution in [0.15, 0.2) is 0 Å². The SMILES string of the molecule is Cc1nc(NCC2CCCO2)sc1C. The predicted octanol–water partition coefficient (Wildman–Crippen LogP) is 2.35. The third kappa shape index (κ3) is 2.25. The van der Waals surface area contributed by atoms with Crippen molar-refractivity contribution < 1.29 is 4.74 Å². The fourth-order valence-corrected chi connectivity index (χ4v) is 2.38. The molecule has 1 aromatic rings. The zero-order chi connectivity index (χ0) is 9.97. The minimum atomic E-state index is 0.388. The Labute approximate surface area is 88.5 Å². The molecular weight excluding hydrogens is 196 g/mol. The number of hydrogen-bond acceptors (Lipinski definition) is 4. The van der Waals surface area contributed by atoms with Gasteiger partial charge in [-0.2, -0.15) is 0 Å². The van der Waals surface area contributed by atoms with E-state index < -0.39 is 0 Å². The minimum absolute atomic E-state index is 0.388. The normalized spacial score (nSPS) is 21.4. The second kappa shape index (κ2) is 4.28. The van der Waals surface area contributed by atoms with E-state index in [4.69, 9.17) is 4.74 Å². The summed E-state index contributed by atoms with van der Waals surface area (Å²) in [4.78, 5) is 5.71. The molecule has 1 aliphatic rings. The van der Waals surface area contributed by atoms with Gasteiger partial charge in [-0.05, 0) is 26.7 Å². The van der Waals surface area contributed by atoms with E-state index in [9.17, 15) is 0 Å². The van der Waals surface area contributed by atoms with Gasteiger partial charge in [-0.25, -0.2) is 4.98 Å². The number of ether oxygens (including phenoxy) is 1. The van der Waals surface area contributed by atoms with Crippen molar-refractivity contribution in [2.24, 2.45) is 0 Å². The molecule has 14 heavy (non-hydrogen) atoms. The smallest absolute Gasteiger partial charge is 0.183 e. The first kappa shape index (κ1) is 9.93. The van der Waals surface area contributed by atoms with Gasteiger partial charge in [0.25, 0.3) is 0 Å². The minimum Gasteiger partial charge on any atom is -0.376 e.